The zero-order valence-electron chi connectivity index (χ0n) is 11.4. The zero-order valence-corrected chi connectivity index (χ0v) is 12.1. The summed E-state index contributed by atoms with van der Waals surface area (Å²) in [7, 11) is 0. The summed E-state index contributed by atoms with van der Waals surface area (Å²) in [5, 5.41) is 3.98. The SMILES string of the molecule is O=C(c1cnccn1)N1CCNCC1c1ccccc1Cl. The van der Waals surface area contributed by atoms with Gasteiger partial charge < -0.3 is 10.2 Å². The maximum Gasteiger partial charge on any atom is 0.274 e. The van der Waals surface area contributed by atoms with Crippen LogP contribution < -0.4 is 5.32 Å². The number of rotatable bonds is 2. The van der Waals surface area contributed by atoms with E-state index in [0.717, 1.165) is 12.1 Å². The number of halogens is 1. The molecule has 0 radical (unpaired) electrons. The molecule has 0 bridgehead atoms. The Kier molecular flexibility index (Phi) is 4.13. The molecular formula is C15H15ClN4O. The Morgan fingerprint density at radius 3 is 2.95 bits per heavy atom. The average Bonchev–Trinajstić information content (AvgIpc) is 2.55. The van der Waals surface area contributed by atoms with Gasteiger partial charge in [0.1, 0.15) is 5.69 Å². The van der Waals surface area contributed by atoms with Crippen LogP contribution in [-0.2, 0) is 0 Å². The summed E-state index contributed by atoms with van der Waals surface area (Å²) in [6, 6.07) is 7.52. The second kappa shape index (κ2) is 6.20. The lowest BCUT2D eigenvalue weighted by Crippen LogP contribution is -2.49. The van der Waals surface area contributed by atoms with E-state index in [9.17, 15) is 4.79 Å². The van der Waals surface area contributed by atoms with Gasteiger partial charge in [-0.15, -0.1) is 0 Å². The van der Waals surface area contributed by atoms with Crippen LogP contribution in [-0.4, -0.2) is 40.4 Å². The van der Waals surface area contributed by atoms with E-state index in [2.05, 4.69) is 15.3 Å². The molecule has 1 N–H and O–H groups in total. The van der Waals surface area contributed by atoms with Gasteiger partial charge >= 0.3 is 0 Å². The maximum absolute atomic E-state index is 12.6. The summed E-state index contributed by atoms with van der Waals surface area (Å²) >= 11 is 6.28. The number of amides is 1. The summed E-state index contributed by atoms with van der Waals surface area (Å²) < 4.78 is 0. The van der Waals surface area contributed by atoms with Crippen molar-refractivity contribution in [2.24, 2.45) is 0 Å². The van der Waals surface area contributed by atoms with Crippen LogP contribution >= 0.6 is 11.6 Å². The molecule has 0 aliphatic carbocycles. The molecule has 1 atom stereocenters. The van der Waals surface area contributed by atoms with Crippen molar-refractivity contribution in [3.8, 4) is 0 Å². The molecule has 2 heterocycles. The van der Waals surface area contributed by atoms with Gasteiger partial charge in [0, 0.05) is 37.1 Å². The smallest absolute Gasteiger partial charge is 0.274 e. The highest BCUT2D eigenvalue weighted by Gasteiger charge is 2.30. The number of hydrogen-bond acceptors (Lipinski definition) is 4. The van der Waals surface area contributed by atoms with Crippen molar-refractivity contribution in [3.63, 3.8) is 0 Å². The summed E-state index contributed by atoms with van der Waals surface area (Å²) in [5.74, 6) is -0.116. The van der Waals surface area contributed by atoms with Crippen molar-refractivity contribution in [3.05, 3.63) is 59.1 Å². The number of nitrogens with one attached hydrogen (secondary N) is 1. The Balaban J connectivity index is 1.92. The van der Waals surface area contributed by atoms with Crippen LogP contribution in [0.5, 0.6) is 0 Å². The molecule has 1 aliphatic heterocycles. The van der Waals surface area contributed by atoms with Gasteiger partial charge in [0.25, 0.3) is 5.91 Å². The first-order chi connectivity index (χ1) is 10.3. The van der Waals surface area contributed by atoms with Gasteiger partial charge in [0.2, 0.25) is 0 Å². The van der Waals surface area contributed by atoms with Crippen molar-refractivity contribution in [2.75, 3.05) is 19.6 Å². The Bertz CT molecular complexity index is 635. The molecule has 3 rings (SSSR count). The predicted molar refractivity (Wildman–Crippen MR) is 80.1 cm³/mol. The summed E-state index contributed by atoms with van der Waals surface area (Å²) in [4.78, 5) is 22.5. The van der Waals surface area contributed by atoms with Gasteiger partial charge in [-0.25, -0.2) is 4.98 Å². The van der Waals surface area contributed by atoms with E-state index in [-0.39, 0.29) is 11.9 Å². The van der Waals surface area contributed by atoms with E-state index in [1.165, 1.54) is 12.4 Å². The average molecular weight is 303 g/mol. The minimum atomic E-state index is -0.116. The van der Waals surface area contributed by atoms with Crippen molar-refractivity contribution in [1.29, 1.82) is 0 Å². The van der Waals surface area contributed by atoms with Crippen LogP contribution in [0.4, 0.5) is 0 Å². The molecule has 1 aromatic heterocycles. The highest BCUT2D eigenvalue weighted by molar-refractivity contribution is 6.31. The predicted octanol–water partition coefficient (Wildman–Crippen LogP) is 1.92. The molecule has 21 heavy (non-hydrogen) atoms. The second-order valence-corrected chi connectivity index (χ2v) is 5.24. The van der Waals surface area contributed by atoms with Crippen LogP contribution in [0.1, 0.15) is 22.1 Å². The monoisotopic (exact) mass is 302 g/mol. The third kappa shape index (κ3) is 2.89. The van der Waals surface area contributed by atoms with E-state index in [0.29, 0.717) is 23.8 Å². The summed E-state index contributed by atoms with van der Waals surface area (Å²) in [6.07, 6.45) is 4.58. The molecule has 6 heteroatoms. The van der Waals surface area contributed by atoms with Crippen LogP contribution in [0.25, 0.3) is 0 Å². The largest absolute Gasteiger partial charge is 0.328 e. The summed E-state index contributed by atoms with van der Waals surface area (Å²) in [6.45, 7) is 2.05. The number of carbonyl (C=O) groups is 1. The molecule has 1 saturated heterocycles. The Hall–Kier alpha value is -1.98. The second-order valence-electron chi connectivity index (χ2n) is 4.83. The summed E-state index contributed by atoms with van der Waals surface area (Å²) in [5.41, 5.74) is 1.31. The molecule has 5 nitrogen and oxygen atoms in total. The molecule has 1 fully saturated rings. The van der Waals surface area contributed by atoms with Gasteiger partial charge in [-0.05, 0) is 11.6 Å². The van der Waals surface area contributed by atoms with Crippen molar-refractivity contribution in [2.45, 2.75) is 6.04 Å². The van der Waals surface area contributed by atoms with Crippen molar-refractivity contribution < 1.29 is 4.79 Å². The fourth-order valence-electron chi connectivity index (χ4n) is 2.53. The Morgan fingerprint density at radius 1 is 1.33 bits per heavy atom. The van der Waals surface area contributed by atoms with Gasteiger partial charge in [-0.1, -0.05) is 29.8 Å². The first-order valence-corrected chi connectivity index (χ1v) is 7.17. The van der Waals surface area contributed by atoms with Crippen molar-refractivity contribution >= 4 is 17.5 Å². The number of piperazine rings is 1. The highest BCUT2D eigenvalue weighted by atomic mass is 35.5. The molecule has 1 unspecified atom stereocenters. The number of benzene rings is 1. The van der Waals surface area contributed by atoms with Crippen LogP contribution in [0.15, 0.2) is 42.9 Å². The van der Waals surface area contributed by atoms with E-state index < -0.39 is 0 Å². The molecule has 2 aromatic rings. The molecule has 108 valence electrons. The number of carbonyl (C=O) groups excluding carboxylic acids is 1. The fourth-order valence-corrected chi connectivity index (χ4v) is 2.79. The third-order valence-electron chi connectivity index (χ3n) is 3.55. The van der Waals surface area contributed by atoms with E-state index in [1.807, 2.05) is 29.2 Å². The Morgan fingerprint density at radius 2 is 2.19 bits per heavy atom. The third-order valence-corrected chi connectivity index (χ3v) is 3.89. The first-order valence-electron chi connectivity index (χ1n) is 6.79. The number of hydrogen-bond donors (Lipinski definition) is 1. The van der Waals surface area contributed by atoms with E-state index in [1.54, 1.807) is 6.20 Å². The lowest BCUT2D eigenvalue weighted by Gasteiger charge is -2.36. The fraction of sp³-hybridized carbons (Fsp3) is 0.267. The van der Waals surface area contributed by atoms with Gasteiger partial charge in [0.15, 0.2) is 0 Å². The normalized spacial score (nSPS) is 18.5. The van der Waals surface area contributed by atoms with Gasteiger partial charge in [-0.2, -0.15) is 0 Å². The van der Waals surface area contributed by atoms with E-state index in [4.69, 9.17) is 11.6 Å². The molecular weight excluding hydrogens is 288 g/mol. The molecule has 0 spiro atoms. The molecule has 1 aromatic carbocycles. The van der Waals surface area contributed by atoms with Gasteiger partial charge in [0.05, 0.1) is 12.2 Å². The van der Waals surface area contributed by atoms with Crippen LogP contribution in [0.2, 0.25) is 5.02 Å². The maximum atomic E-state index is 12.6. The lowest BCUT2D eigenvalue weighted by atomic mass is 10.0. The molecule has 1 amide bonds. The molecule has 1 aliphatic rings. The van der Waals surface area contributed by atoms with E-state index >= 15 is 0 Å². The number of nitrogens with zero attached hydrogens (tertiary/aromatic N) is 3. The minimum Gasteiger partial charge on any atom is -0.328 e. The highest BCUT2D eigenvalue weighted by Crippen LogP contribution is 2.29. The van der Waals surface area contributed by atoms with Crippen LogP contribution in [0.3, 0.4) is 0 Å². The van der Waals surface area contributed by atoms with Crippen LogP contribution in [0, 0.1) is 0 Å². The Labute approximate surface area is 128 Å². The molecule has 0 saturated carbocycles. The topological polar surface area (TPSA) is 58.1 Å². The number of aromatic nitrogens is 2. The first kappa shape index (κ1) is 14.0. The zero-order chi connectivity index (χ0) is 14.7. The van der Waals surface area contributed by atoms with Crippen molar-refractivity contribution in [1.82, 2.24) is 20.2 Å². The standard InChI is InChI=1S/C15H15ClN4O/c16-12-4-2-1-3-11(12)14-10-18-7-8-20(14)15(21)13-9-17-5-6-19-13/h1-6,9,14,18H,7-8,10H2. The quantitative estimate of drug-likeness (QED) is 0.921. The minimum absolute atomic E-state index is 0.0954. The lowest BCUT2D eigenvalue weighted by molar-refractivity contribution is 0.0628. The van der Waals surface area contributed by atoms with Gasteiger partial charge in [-0.3, -0.25) is 9.78 Å².